The Morgan fingerprint density at radius 2 is 2.17 bits per heavy atom. The first-order chi connectivity index (χ1) is 8.57. The summed E-state index contributed by atoms with van der Waals surface area (Å²) in [5.74, 6) is 0.880. The van der Waals surface area contributed by atoms with Crippen molar-refractivity contribution < 1.29 is 14.3 Å². The number of ether oxygens (including phenoxy) is 1. The molecule has 18 heavy (non-hydrogen) atoms. The number of hydrogen-bond acceptors (Lipinski definition) is 4. The van der Waals surface area contributed by atoms with Crippen LogP contribution in [0, 0.1) is 0 Å². The lowest BCUT2D eigenvalue weighted by atomic mass is 10.0. The molecular formula is C13H21NO3S. The molecule has 1 amide bonds. The molecule has 102 valence electrons. The van der Waals surface area contributed by atoms with Crippen LogP contribution in [-0.2, 0) is 14.3 Å². The molecule has 1 aliphatic carbocycles. The molecule has 1 saturated heterocycles. The van der Waals surface area contributed by atoms with Crippen molar-refractivity contribution in [3.05, 3.63) is 0 Å². The topological polar surface area (TPSA) is 46.6 Å². The molecule has 0 aromatic carbocycles. The predicted octanol–water partition coefficient (Wildman–Crippen LogP) is 1.83. The zero-order chi connectivity index (χ0) is 13.2. The molecule has 0 N–H and O–H groups in total. The molecule has 2 rings (SSSR count). The minimum atomic E-state index is -0.324. The second kappa shape index (κ2) is 5.51. The lowest BCUT2D eigenvalue weighted by molar-refractivity contribution is -0.150. The van der Waals surface area contributed by atoms with E-state index in [1.54, 1.807) is 23.6 Å². The fourth-order valence-electron chi connectivity index (χ4n) is 2.35. The third-order valence-corrected chi connectivity index (χ3v) is 5.03. The van der Waals surface area contributed by atoms with E-state index in [2.05, 4.69) is 0 Å². The first-order valence-electron chi connectivity index (χ1n) is 6.67. The van der Waals surface area contributed by atoms with Crippen LogP contribution in [0.15, 0.2) is 0 Å². The van der Waals surface area contributed by atoms with Crippen LogP contribution < -0.4 is 0 Å². The van der Waals surface area contributed by atoms with Gasteiger partial charge in [-0.3, -0.25) is 9.59 Å². The summed E-state index contributed by atoms with van der Waals surface area (Å²) in [6.45, 7) is 4.29. The van der Waals surface area contributed by atoms with E-state index in [1.807, 2.05) is 6.92 Å². The van der Waals surface area contributed by atoms with Crippen molar-refractivity contribution in [1.82, 2.24) is 4.90 Å². The minimum absolute atomic E-state index is 0.119. The third-order valence-electron chi connectivity index (χ3n) is 3.52. The van der Waals surface area contributed by atoms with E-state index in [4.69, 9.17) is 4.74 Å². The van der Waals surface area contributed by atoms with Crippen molar-refractivity contribution in [2.24, 2.45) is 0 Å². The Balaban J connectivity index is 2.00. The molecular weight excluding hydrogens is 250 g/mol. The first-order valence-corrected chi connectivity index (χ1v) is 7.66. The molecule has 0 bridgehead atoms. The van der Waals surface area contributed by atoms with Gasteiger partial charge in [0.1, 0.15) is 6.54 Å². The van der Waals surface area contributed by atoms with Crippen LogP contribution in [0.5, 0.6) is 0 Å². The van der Waals surface area contributed by atoms with Crippen molar-refractivity contribution in [3.8, 4) is 0 Å². The van der Waals surface area contributed by atoms with Gasteiger partial charge in [0.15, 0.2) is 0 Å². The van der Waals surface area contributed by atoms with Gasteiger partial charge in [-0.2, -0.15) is 0 Å². The zero-order valence-corrected chi connectivity index (χ0v) is 11.9. The standard InChI is InChI=1S/C13H21NO3S/c1-3-17-11(15)9-14(10-5-6-10)12(16)13(2)7-4-8-18-13/h10H,3-9H2,1-2H3. The number of carbonyl (C=O) groups excluding carboxylic acids is 2. The van der Waals surface area contributed by atoms with Crippen molar-refractivity contribution in [2.75, 3.05) is 18.9 Å². The fourth-order valence-corrected chi connectivity index (χ4v) is 3.62. The highest BCUT2D eigenvalue weighted by Gasteiger charge is 2.45. The van der Waals surface area contributed by atoms with E-state index in [1.165, 1.54) is 0 Å². The monoisotopic (exact) mass is 271 g/mol. The molecule has 1 heterocycles. The predicted molar refractivity (Wildman–Crippen MR) is 71.5 cm³/mol. The van der Waals surface area contributed by atoms with Crippen LogP contribution in [0.3, 0.4) is 0 Å². The number of thioether (sulfide) groups is 1. The number of nitrogens with zero attached hydrogens (tertiary/aromatic N) is 1. The van der Waals surface area contributed by atoms with Crippen LogP contribution in [0.4, 0.5) is 0 Å². The molecule has 1 unspecified atom stereocenters. The number of hydrogen-bond donors (Lipinski definition) is 0. The maximum atomic E-state index is 12.6. The van der Waals surface area contributed by atoms with E-state index < -0.39 is 0 Å². The summed E-state index contributed by atoms with van der Waals surface area (Å²) in [5, 5.41) is 0. The third kappa shape index (κ3) is 2.99. The maximum absolute atomic E-state index is 12.6. The Labute approximate surface area is 112 Å². The summed E-state index contributed by atoms with van der Waals surface area (Å²) in [5.41, 5.74) is 0. The van der Waals surface area contributed by atoms with Gasteiger partial charge in [0.25, 0.3) is 0 Å². The summed E-state index contributed by atoms with van der Waals surface area (Å²) in [4.78, 5) is 25.9. The van der Waals surface area contributed by atoms with Crippen LogP contribution in [0.2, 0.25) is 0 Å². The molecule has 1 atom stereocenters. The van der Waals surface area contributed by atoms with Crippen LogP contribution in [0.1, 0.15) is 39.5 Å². The van der Waals surface area contributed by atoms with Gasteiger partial charge >= 0.3 is 5.97 Å². The maximum Gasteiger partial charge on any atom is 0.325 e. The summed E-state index contributed by atoms with van der Waals surface area (Å²) >= 11 is 1.72. The summed E-state index contributed by atoms with van der Waals surface area (Å²) < 4.78 is 4.63. The number of amides is 1. The Kier molecular flexibility index (Phi) is 4.20. The first kappa shape index (κ1) is 13.7. The lowest BCUT2D eigenvalue weighted by Gasteiger charge is -2.30. The van der Waals surface area contributed by atoms with Crippen LogP contribution >= 0.6 is 11.8 Å². The lowest BCUT2D eigenvalue weighted by Crippen LogP contribution is -2.47. The molecule has 4 nitrogen and oxygen atoms in total. The average Bonchev–Trinajstić information content (AvgIpc) is 3.08. The highest BCUT2D eigenvalue weighted by molar-refractivity contribution is 8.01. The SMILES string of the molecule is CCOC(=O)CN(C(=O)C1(C)CCCS1)C1CC1. The normalized spacial score (nSPS) is 27.0. The van der Waals surface area contributed by atoms with E-state index in [-0.39, 0.29) is 29.2 Å². The Morgan fingerprint density at radius 1 is 1.44 bits per heavy atom. The van der Waals surface area contributed by atoms with Gasteiger partial charge in [-0.25, -0.2) is 0 Å². The number of esters is 1. The molecule has 0 aromatic heterocycles. The van der Waals surface area contributed by atoms with Gasteiger partial charge in [0.2, 0.25) is 5.91 Å². The van der Waals surface area contributed by atoms with Crippen molar-refractivity contribution in [2.45, 2.75) is 50.3 Å². The zero-order valence-electron chi connectivity index (χ0n) is 11.1. The largest absolute Gasteiger partial charge is 0.465 e. The van der Waals surface area contributed by atoms with Gasteiger partial charge in [-0.15, -0.1) is 11.8 Å². The average molecular weight is 271 g/mol. The Morgan fingerprint density at radius 3 is 2.67 bits per heavy atom. The van der Waals surface area contributed by atoms with Crippen LogP contribution in [-0.4, -0.2) is 46.5 Å². The van der Waals surface area contributed by atoms with Gasteiger partial charge < -0.3 is 9.64 Å². The van der Waals surface area contributed by atoms with Crippen molar-refractivity contribution >= 4 is 23.6 Å². The van der Waals surface area contributed by atoms with Crippen molar-refractivity contribution in [3.63, 3.8) is 0 Å². The molecule has 2 fully saturated rings. The number of carbonyl (C=O) groups is 2. The smallest absolute Gasteiger partial charge is 0.325 e. The van der Waals surface area contributed by atoms with Crippen molar-refractivity contribution in [1.29, 1.82) is 0 Å². The Bertz CT molecular complexity index is 335. The van der Waals surface area contributed by atoms with Gasteiger partial charge in [-0.05, 0) is 45.3 Å². The summed E-state index contributed by atoms with van der Waals surface area (Å²) in [7, 11) is 0. The fraction of sp³-hybridized carbons (Fsp3) is 0.846. The van der Waals surface area contributed by atoms with Crippen LogP contribution in [0.25, 0.3) is 0 Å². The molecule has 1 saturated carbocycles. The van der Waals surface area contributed by atoms with E-state index in [0.717, 1.165) is 31.4 Å². The summed E-state index contributed by atoms with van der Waals surface area (Å²) in [6.07, 6.45) is 4.05. The Hall–Kier alpha value is -0.710. The molecule has 5 heteroatoms. The van der Waals surface area contributed by atoms with E-state index >= 15 is 0 Å². The number of rotatable bonds is 5. The van der Waals surface area contributed by atoms with E-state index in [9.17, 15) is 9.59 Å². The second-order valence-electron chi connectivity index (χ2n) is 5.15. The highest BCUT2D eigenvalue weighted by Crippen LogP contribution is 2.41. The molecule has 1 aliphatic heterocycles. The minimum Gasteiger partial charge on any atom is -0.465 e. The van der Waals surface area contributed by atoms with Gasteiger partial charge in [0.05, 0.1) is 11.4 Å². The molecule has 2 aliphatic rings. The van der Waals surface area contributed by atoms with Gasteiger partial charge in [-0.1, -0.05) is 0 Å². The highest BCUT2D eigenvalue weighted by atomic mass is 32.2. The molecule has 0 radical (unpaired) electrons. The molecule has 0 aromatic rings. The molecule has 0 spiro atoms. The van der Waals surface area contributed by atoms with Gasteiger partial charge in [0, 0.05) is 6.04 Å². The second-order valence-corrected chi connectivity index (χ2v) is 6.75. The van der Waals surface area contributed by atoms with E-state index in [0.29, 0.717) is 6.61 Å². The summed E-state index contributed by atoms with van der Waals surface area (Å²) in [6, 6.07) is 0.264. The quantitative estimate of drug-likeness (QED) is 0.716.